The first-order valence-electron chi connectivity index (χ1n) is 8.82. The van der Waals surface area contributed by atoms with Crippen LogP contribution in [0.25, 0.3) is 0 Å². The van der Waals surface area contributed by atoms with E-state index in [1.54, 1.807) is 12.1 Å². The number of nitriles is 1. The van der Waals surface area contributed by atoms with Crippen LogP contribution in [0, 0.1) is 11.3 Å². The molecule has 0 aliphatic heterocycles. The van der Waals surface area contributed by atoms with Crippen molar-refractivity contribution in [1.29, 1.82) is 5.26 Å². The van der Waals surface area contributed by atoms with Gasteiger partial charge in [0, 0.05) is 11.6 Å². The van der Waals surface area contributed by atoms with E-state index in [1.165, 1.54) is 0 Å². The summed E-state index contributed by atoms with van der Waals surface area (Å²) in [6.45, 7) is 1.36. The Kier molecular flexibility index (Phi) is 7.54. The summed E-state index contributed by atoms with van der Waals surface area (Å²) in [5, 5.41) is 13.2. The molecular formula is C19H26ClN3O2. The molecule has 25 heavy (non-hydrogen) atoms. The molecule has 1 aliphatic rings. The maximum Gasteiger partial charge on any atom is 0.235 e. The number of nitrogens with one attached hydrogen (secondary N) is 1. The van der Waals surface area contributed by atoms with Crippen molar-refractivity contribution < 1.29 is 9.53 Å². The third kappa shape index (κ3) is 6.56. The predicted octanol–water partition coefficient (Wildman–Crippen LogP) is 3.38. The van der Waals surface area contributed by atoms with Crippen LogP contribution in [0.5, 0.6) is 5.75 Å². The minimum absolute atomic E-state index is 0.0996. The summed E-state index contributed by atoms with van der Waals surface area (Å²) in [7, 11) is 1.87. The van der Waals surface area contributed by atoms with E-state index >= 15 is 0 Å². The van der Waals surface area contributed by atoms with Gasteiger partial charge < -0.3 is 10.1 Å². The van der Waals surface area contributed by atoms with Gasteiger partial charge >= 0.3 is 0 Å². The van der Waals surface area contributed by atoms with Crippen molar-refractivity contribution in [2.24, 2.45) is 0 Å². The monoisotopic (exact) mass is 363 g/mol. The Labute approximate surface area is 154 Å². The summed E-state index contributed by atoms with van der Waals surface area (Å²) < 4.78 is 5.64. The van der Waals surface area contributed by atoms with Crippen molar-refractivity contribution in [2.75, 3.05) is 26.7 Å². The first-order chi connectivity index (χ1) is 12.0. The quantitative estimate of drug-likeness (QED) is 0.754. The highest BCUT2D eigenvalue weighted by atomic mass is 35.5. The van der Waals surface area contributed by atoms with Gasteiger partial charge in [-0.15, -0.1) is 0 Å². The number of nitrogens with zero attached hydrogens (tertiary/aromatic N) is 2. The first kappa shape index (κ1) is 19.6. The highest BCUT2D eigenvalue weighted by Gasteiger charge is 2.32. The van der Waals surface area contributed by atoms with Gasteiger partial charge in [0.2, 0.25) is 5.91 Å². The molecular weight excluding hydrogens is 338 g/mol. The molecule has 2 rings (SSSR count). The number of halogens is 1. The Bertz CT molecular complexity index is 590. The van der Waals surface area contributed by atoms with Crippen LogP contribution in [0.2, 0.25) is 5.02 Å². The van der Waals surface area contributed by atoms with Gasteiger partial charge in [0.1, 0.15) is 17.9 Å². The van der Waals surface area contributed by atoms with Gasteiger partial charge in [0.25, 0.3) is 0 Å². The summed E-state index contributed by atoms with van der Waals surface area (Å²) >= 11 is 5.84. The fraction of sp³-hybridized carbons (Fsp3) is 0.579. The average molecular weight is 364 g/mol. The summed E-state index contributed by atoms with van der Waals surface area (Å²) in [6, 6.07) is 9.54. The summed E-state index contributed by atoms with van der Waals surface area (Å²) in [5.41, 5.74) is -0.686. The normalized spacial score (nSPS) is 16.7. The van der Waals surface area contributed by atoms with E-state index in [4.69, 9.17) is 16.3 Å². The lowest BCUT2D eigenvalue weighted by Gasteiger charge is -2.27. The lowest BCUT2D eigenvalue weighted by atomic mass is 9.92. The van der Waals surface area contributed by atoms with Crippen molar-refractivity contribution in [3.63, 3.8) is 0 Å². The lowest BCUT2D eigenvalue weighted by Crippen LogP contribution is -2.50. The minimum atomic E-state index is -0.686. The molecule has 1 N–H and O–H groups in total. The number of hydrogen-bond donors (Lipinski definition) is 1. The predicted molar refractivity (Wildman–Crippen MR) is 98.6 cm³/mol. The zero-order valence-corrected chi connectivity index (χ0v) is 15.5. The number of carbonyl (C=O) groups is 1. The van der Waals surface area contributed by atoms with Crippen LogP contribution in [0.1, 0.15) is 38.5 Å². The van der Waals surface area contributed by atoms with E-state index in [2.05, 4.69) is 11.4 Å². The number of amides is 1. The van der Waals surface area contributed by atoms with E-state index in [-0.39, 0.29) is 12.5 Å². The largest absolute Gasteiger partial charge is 0.492 e. The Morgan fingerprint density at radius 2 is 1.92 bits per heavy atom. The second-order valence-electron chi connectivity index (χ2n) is 6.70. The molecule has 136 valence electrons. The van der Waals surface area contributed by atoms with E-state index in [1.807, 2.05) is 24.1 Å². The molecule has 0 aromatic heterocycles. The van der Waals surface area contributed by atoms with Crippen LogP contribution in [0.3, 0.4) is 0 Å². The molecule has 1 saturated carbocycles. The maximum atomic E-state index is 12.3. The third-order valence-electron chi connectivity index (χ3n) is 4.52. The van der Waals surface area contributed by atoms with E-state index in [0.29, 0.717) is 18.2 Å². The van der Waals surface area contributed by atoms with Crippen molar-refractivity contribution in [3.05, 3.63) is 29.3 Å². The molecule has 1 aromatic rings. The Morgan fingerprint density at radius 3 is 2.52 bits per heavy atom. The lowest BCUT2D eigenvalue weighted by molar-refractivity contribution is -0.123. The second kappa shape index (κ2) is 9.65. The smallest absolute Gasteiger partial charge is 0.235 e. The van der Waals surface area contributed by atoms with Crippen LogP contribution in [-0.2, 0) is 4.79 Å². The molecule has 6 heteroatoms. The molecule has 0 unspecified atom stereocenters. The topological polar surface area (TPSA) is 65.4 Å². The Hall–Kier alpha value is -1.77. The average Bonchev–Trinajstić information content (AvgIpc) is 2.82. The molecule has 0 radical (unpaired) electrons. The molecule has 0 atom stereocenters. The molecule has 1 aliphatic carbocycles. The molecule has 5 nitrogen and oxygen atoms in total. The summed E-state index contributed by atoms with van der Waals surface area (Å²) in [4.78, 5) is 14.2. The number of carbonyl (C=O) groups excluding carboxylic acids is 1. The second-order valence-corrected chi connectivity index (χ2v) is 7.13. The van der Waals surface area contributed by atoms with Gasteiger partial charge in [-0.3, -0.25) is 9.69 Å². The van der Waals surface area contributed by atoms with E-state index in [0.717, 1.165) is 44.3 Å². The molecule has 1 aromatic carbocycles. The zero-order chi connectivity index (χ0) is 18.1. The number of ether oxygens (including phenoxy) is 1. The van der Waals surface area contributed by atoms with Crippen LogP contribution < -0.4 is 10.1 Å². The highest BCUT2D eigenvalue weighted by Crippen LogP contribution is 2.26. The highest BCUT2D eigenvalue weighted by molar-refractivity contribution is 6.30. The zero-order valence-electron chi connectivity index (χ0n) is 14.8. The van der Waals surface area contributed by atoms with E-state index < -0.39 is 5.54 Å². The fourth-order valence-electron chi connectivity index (χ4n) is 3.08. The summed E-state index contributed by atoms with van der Waals surface area (Å²) in [6.07, 6.45) is 5.77. The van der Waals surface area contributed by atoms with Gasteiger partial charge in [0.05, 0.1) is 12.6 Å². The first-order valence-corrected chi connectivity index (χ1v) is 9.20. The standard InChI is InChI=1S/C19H26ClN3O2/c1-23(12-13-25-17-8-6-16(20)7-9-17)14-18(24)22-19(15-21)10-4-2-3-5-11-19/h6-9H,2-5,10-14H2,1H3,(H,22,24). The number of rotatable bonds is 7. The van der Waals surface area contributed by atoms with Gasteiger partial charge in [-0.05, 0) is 44.2 Å². The SMILES string of the molecule is CN(CCOc1ccc(Cl)cc1)CC(=O)NC1(C#N)CCCCCC1. The van der Waals surface area contributed by atoms with Gasteiger partial charge in [-0.25, -0.2) is 0 Å². The van der Waals surface area contributed by atoms with Crippen molar-refractivity contribution >= 4 is 17.5 Å². The Balaban J connectivity index is 1.73. The van der Waals surface area contributed by atoms with E-state index in [9.17, 15) is 10.1 Å². The molecule has 1 amide bonds. The Morgan fingerprint density at radius 1 is 1.28 bits per heavy atom. The third-order valence-corrected chi connectivity index (χ3v) is 4.77. The minimum Gasteiger partial charge on any atom is -0.492 e. The van der Waals surface area contributed by atoms with Crippen LogP contribution in [-0.4, -0.2) is 43.1 Å². The number of benzene rings is 1. The fourth-order valence-corrected chi connectivity index (χ4v) is 3.20. The maximum absolute atomic E-state index is 12.3. The number of hydrogen-bond acceptors (Lipinski definition) is 4. The summed E-state index contributed by atoms with van der Waals surface area (Å²) in [5.74, 6) is 0.654. The van der Waals surface area contributed by atoms with Crippen molar-refractivity contribution in [3.8, 4) is 11.8 Å². The molecule has 0 saturated heterocycles. The van der Waals surface area contributed by atoms with Crippen molar-refractivity contribution in [1.82, 2.24) is 10.2 Å². The molecule has 0 spiro atoms. The van der Waals surface area contributed by atoms with Crippen LogP contribution in [0.15, 0.2) is 24.3 Å². The van der Waals surface area contributed by atoms with Crippen molar-refractivity contribution in [2.45, 2.75) is 44.1 Å². The molecule has 0 bridgehead atoms. The van der Waals surface area contributed by atoms with Gasteiger partial charge in [-0.2, -0.15) is 5.26 Å². The van der Waals surface area contributed by atoms with Gasteiger partial charge in [0.15, 0.2) is 0 Å². The molecule has 1 fully saturated rings. The van der Waals surface area contributed by atoms with Crippen LogP contribution in [0.4, 0.5) is 0 Å². The van der Waals surface area contributed by atoms with Crippen LogP contribution >= 0.6 is 11.6 Å². The van der Waals surface area contributed by atoms with Gasteiger partial charge in [-0.1, -0.05) is 37.3 Å². The number of likely N-dealkylation sites (N-methyl/N-ethyl adjacent to an activating group) is 1. The molecule has 0 heterocycles.